The summed E-state index contributed by atoms with van der Waals surface area (Å²) >= 11 is 0. The third-order valence-corrected chi connectivity index (χ3v) is 14.8. The number of unbranched alkanes of at least 4 members (excludes halogenated alkanes) is 38. The molecule has 71 heavy (non-hydrogen) atoms. The summed E-state index contributed by atoms with van der Waals surface area (Å²) in [6, 6.07) is 0. The van der Waals surface area contributed by atoms with E-state index in [4.69, 9.17) is 18.9 Å². The van der Waals surface area contributed by atoms with Crippen LogP contribution in [-0.2, 0) is 38.7 Å². The van der Waals surface area contributed by atoms with Crippen LogP contribution in [0.15, 0.2) is 12.2 Å². The normalized spacial score (nSPS) is 18.9. The lowest BCUT2D eigenvalue weighted by Crippen LogP contribution is -2.60. The fourth-order valence-corrected chi connectivity index (χ4v) is 10.2. The van der Waals surface area contributed by atoms with Crippen LogP contribution in [0.5, 0.6) is 0 Å². The SMILES string of the molecule is CCCCCCCCCC/C=C\CCCCCCCCCCCCCC(=O)OC(COC(=O)CCCCCCCCCCCCCCCCCCCCCC)COC1OC(CS(=O)(=O)O)C(O)C(O)C1O. The van der Waals surface area contributed by atoms with Crippen LogP contribution in [0.3, 0.4) is 0 Å². The molecule has 0 aliphatic carbocycles. The average molecular weight is 1030 g/mol. The summed E-state index contributed by atoms with van der Waals surface area (Å²) in [5.74, 6) is -1.96. The Morgan fingerprint density at radius 1 is 0.465 bits per heavy atom. The van der Waals surface area contributed by atoms with Gasteiger partial charge in [-0.3, -0.25) is 14.1 Å². The van der Waals surface area contributed by atoms with Crippen LogP contribution in [-0.4, -0.2) is 96.0 Å². The lowest BCUT2D eigenvalue weighted by Gasteiger charge is -2.40. The number of ether oxygens (including phenoxy) is 4. The van der Waals surface area contributed by atoms with Crippen molar-refractivity contribution < 1.29 is 56.8 Å². The van der Waals surface area contributed by atoms with Crippen molar-refractivity contribution >= 4 is 22.1 Å². The third-order valence-electron chi connectivity index (χ3n) is 14.1. The zero-order valence-electron chi connectivity index (χ0n) is 45.6. The van der Waals surface area contributed by atoms with Crippen molar-refractivity contribution in [3.05, 3.63) is 12.2 Å². The maximum absolute atomic E-state index is 12.9. The van der Waals surface area contributed by atoms with E-state index in [1.54, 1.807) is 0 Å². The van der Waals surface area contributed by atoms with Gasteiger partial charge in [0, 0.05) is 12.8 Å². The quantitative estimate of drug-likeness (QED) is 0.0196. The van der Waals surface area contributed by atoms with Crippen LogP contribution < -0.4 is 0 Å². The second-order valence-corrected chi connectivity index (χ2v) is 22.5. The molecule has 6 atom stereocenters. The molecule has 1 aliphatic rings. The van der Waals surface area contributed by atoms with E-state index < -0.39 is 71.2 Å². The highest BCUT2D eigenvalue weighted by Gasteiger charge is 2.46. The van der Waals surface area contributed by atoms with Gasteiger partial charge in [-0.25, -0.2) is 0 Å². The molecule has 1 heterocycles. The summed E-state index contributed by atoms with van der Waals surface area (Å²) in [6.45, 7) is 3.83. The number of aliphatic hydroxyl groups excluding tert-OH is 3. The summed E-state index contributed by atoms with van der Waals surface area (Å²) in [4.78, 5) is 25.6. The number of rotatable bonds is 52. The minimum atomic E-state index is -4.60. The number of hydrogen-bond acceptors (Lipinski definition) is 11. The molecule has 0 amide bonds. The number of hydrogen-bond donors (Lipinski definition) is 4. The molecular weight excluding hydrogens is 921 g/mol. The molecule has 0 bridgehead atoms. The number of carbonyl (C=O) groups excluding carboxylic acids is 2. The van der Waals surface area contributed by atoms with Crippen LogP contribution in [0.4, 0.5) is 0 Å². The van der Waals surface area contributed by atoms with Gasteiger partial charge in [0.2, 0.25) is 0 Å². The molecule has 1 saturated heterocycles. The van der Waals surface area contributed by atoms with E-state index in [2.05, 4.69) is 26.0 Å². The minimum absolute atomic E-state index is 0.169. The highest BCUT2D eigenvalue weighted by molar-refractivity contribution is 7.85. The molecule has 12 nitrogen and oxygen atoms in total. The Labute approximate surface area is 435 Å². The second kappa shape index (κ2) is 48.1. The van der Waals surface area contributed by atoms with Crippen LogP contribution in [0.25, 0.3) is 0 Å². The minimum Gasteiger partial charge on any atom is -0.462 e. The Morgan fingerprint density at radius 3 is 1.17 bits per heavy atom. The predicted molar refractivity (Wildman–Crippen MR) is 289 cm³/mol. The molecule has 0 aromatic heterocycles. The van der Waals surface area contributed by atoms with Gasteiger partial charge in [0.1, 0.15) is 36.8 Å². The van der Waals surface area contributed by atoms with Crippen molar-refractivity contribution in [3.8, 4) is 0 Å². The molecule has 0 aromatic carbocycles. The Balaban J connectivity index is 2.28. The maximum Gasteiger partial charge on any atom is 0.306 e. The van der Waals surface area contributed by atoms with Gasteiger partial charge in [0.25, 0.3) is 10.1 Å². The maximum atomic E-state index is 12.9. The molecule has 6 unspecified atom stereocenters. The number of allylic oxidation sites excluding steroid dienone is 2. The largest absolute Gasteiger partial charge is 0.462 e. The number of carbonyl (C=O) groups is 2. The average Bonchev–Trinajstić information content (AvgIpc) is 3.34. The molecule has 1 aliphatic heterocycles. The highest BCUT2D eigenvalue weighted by atomic mass is 32.2. The first-order chi connectivity index (χ1) is 34.5. The molecule has 0 saturated carbocycles. The summed E-state index contributed by atoms with van der Waals surface area (Å²) in [7, 11) is -4.60. The monoisotopic (exact) mass is 1030 g/mol. The molecule has 1 rings (SSSR count). The van der Waals surface area contributed by atoms with E-state index in [-0.39, 0.29) is 19.4 Å². The van der Waals surface area contributed by atoms with E-state index in [1.165, 1.54) is 212 Å². The third kappa shape index (κ3) is 42.3. The van der Waals surface area contributed by atoms with Gasteiger partial charge in [-0.15, -0.1) is 0 Å². The van der Waals surface area contributed by atoms with Gasteiger partial charge in [0.05, 0.1) is 6.61 Å². The molecule has 13 heteroatoms. The predicted octanol–water partition coefficient (Wildman–Crippen LogP) is 14.5. The lowest BCUT2D eigenvalue weighted by atomic mass is 10.00. The molecule has 1 fully saturated rings. The molecule has 0 spiro atoms. The zero-order chi connectivity index (χ0) is 51.9. The van der Waals surface area contributed by atoms with E-state index in [1.807, 2.05) is 0 Å². The first-order valence-corrected chi connectivity index (χ1v) is 31.4. The fourth-order valence-electron chi connectivity index (χ4n) is 9.50. The topological polar surface area (TPSA) is 186 Å². The molecule has 420 valence electrons. The van der Waals surface area contributed by atoms with Crippen LogP contribution in [0.2, 0.25) is 0 Å². The van der Waals surface area contributed by atoms with Crippen molar-refractivity contribution in [2.75, 3.05) is 19.0 Å². The summed E-state index contributed by atoms with van der Waals surface area (Å²) in [6.07, 6.45) is 46.8. The summed E-state index contributed by atoms with van der Waals surface area (Å²) in [5.41, 5.74) is 0. The van der Waals surface area contributed by atoms with E-state index in [0.29, 0.717) is 12.8 Å². The van der Waals surface area contributed by atoms with Gasteiger partial charge in [-0.1, -0.05) is 251 Å². The van der Waals surface area contributed by atoms with Crippen molar-refractivity contribution in [1.29, 1.82) is 0 Å². The Kier molecular flexibility index (Phi) is 45.6. The molecule has 4 N–H and O–H groups in total. The Hall–Kier alpha value is -1.61. The highest BCUT2D eigenvalue weighted by Crippen LogP contribution is 2.24. The second-order valence-electron chi connectivity index (χ2n) is 21.0. The smallest absolute Gasteiger partial charge is 0.306 e. The molecule has 0 radical (unpaired) electrons. The summed E-state index contributed by atoms with van der Waals surface area (Å²) < 4.78 is 54.4. The van der Waals surface area contributed by atoms with Crippen molar-refractivity contribution in [2.45, 2.75) is 327 Å². The Morgan fingerprint density at radius 2 is 0.803 bits per heavy atom. The summed E-state index contributed by atoms with van der Waals surface area (Å²) in [5, 5.41) is 31.1. The van der Waals surface area contributed by atoms with Gasteiger partial charge in [-0.2, -0.15) is 8.42 Å². The lowest BCUT2D eigenvalue weighted by molar-refractivity contribution is -0.297. The van der Waals surface area contributed by atoms with Gasteiger partial charge >= 0.3 is 11.9 Å². The van der Waals surface area contributed by atoms with Crippen molar-refractivity contribution in [3.63, 3.8) is 0 Å². The van der Waals surface area contributed by atoms with E-state index in [9.17, 15) is 37.9 Å². The van der Waals surface area contributed by atoms with Crippen LogP contribution >= 0.6 is 0 Å². The fraction of sp³-hybridized carbons (Fsp3) is 0.931. The van der Waals surface area contributed by atoms with Gasteiger partial charge < -0.3 is 34.3 Å². The van der Waals surface area contributed by atoms with Crippen LogP contribution in [0.1, 0.15) is 290 Å². The number of aliphatic hydroxyl groups is 3. The first kappa shape index (κ1) is 67.4. The van der Waals surface area contributed by atoms with Crippen molar-refractivity contribution in [1.82, 2.24) is 0 Å². The molecular formula is C58H110O12S. The standard InChI is InChI=1S/C58H110O12S/c1-3-5-7-9-11-13-15-17-19-21-23-25-26-27-29-31-33-35-37-39-41-43-45-47-54(60)69-51(49-68-58-57(63)56(62)55(61)52(70-58)50-71(64,65)66)48-67-53(59)46-44-42-40-38-36-34-32-30-28-24-22-20-18-16-14-12-10-8-6-4-2/h21,23,51-52,55-58,61-63H,3-20,22,24-50H2,1-2H3,(H,64,65,66)/b23-21-. The molecule has 0 aromatic rings. The van der Waals surface area contributed by atoms with E-state index in [0.717, 1.165) is 38.5 Å². The van der Waals surface area contributed by atoms with Crippen molar-refractivity contribution in [2.24, 2.45) is 0 Å². The van der Waals surface area contributed by atoms with E-state index >= 15 is 0 Å². The van der Waals surface area contributed by atoms with Gasteiger partial charge in [0.15, 0.2) is 12.4 Å². The number of esters is 2. The first-order valence-electron chi connectivity index (χ1n) is 29.7. The van der Waals surface area contributed by atoms with Gasteiger partial charge in [-0.05, 0) is 38.5 Å². The van der Waals surface area contributed by atoms with Crippen LogP contribution in [0, 0.1) is 0 Å². The zero-order valence-corrected chi connectivity index (χ0v) is 46.4. The Bertz CT molecular complexity index is 1340.